The number of rotatable bonds is 3. The summed E-state index contributed by atoms with van der Waals surface area (Å²) in [6, 6.07) is 1.48. The first-order valence-corrected chi connectivity index (χ1v) is 5.68. The van der Waals surface area contributed by atoms with Crippen molar-refractivity contribution in [2.75, 3.05) is 27.2 Å². The fraction of sp³-hybridized carbons (Fsp3) is 1.00. The average molecular weight is 199 g/mol. The Morgan fingerprint density at radius 2 is 1.79 bits per heavy atom. The van der Waals surface area contributed by atoms with Gasteiger partial charge >= 0.3 is 0 Å². The van der Waals surface area contributed by atoms with Crippen LogP contribution >= 0.6 is 0 Å². The molecule has 1 aliphatic rings. The summed E-state index contributed by atoms with van der Waals surface area (Å²) in [6.45, 7) is 6.76. The predicted octanol–water partition coefficient (Wildman–Crippen LogP) is 0.748. The van der Waals surface area contributed by atoms with Crippen molar-refractivity contribution in [2.24, 2.45) is 5.73 Å². The van der Waals surface area contributed by atoms with Gasteiger partial charge in [-0.15, -0.1) is 0 Å². The van der Waals surface area contributed by atoms with Gasteiger partial charge in [-0.3, -0.25) is 4.90 Å². The molecular weight excluding hydrogens is 174 g/mol. The molecule has 0 aliphatic carbocycles. The summed E-state index contributed by atoms with van der Waals surface area (Å²) in [5.41, 5.74) is 5.92. The summed E-state index contributed by atoms with van der Waals surface area (Å²) in [4.78, 5) is 4.86. The van der Waals surface area contributed by atoms with Gasteiger partial charge in [0.2, 0.25) is 0 Å². The number of piperidine rings is 1. The van der Waals surface area contributed by atoms with Gasteiger partial charge < -0.3 is 10.6 Å². The van der Waals surface area contributed by atoms with Crippen LogP contribution in [0.3, 0.4) is 0 Å². The third kappa shape index (κ3) is 2.94. The van der Waals surface area contributed by atoms with Gasteiger partial charge in [0.1, 0.15) is 0 Å². The van der Waals surface area contributed by atoms with Crippen molar-refractivity contribution in [3.63, 3.8) is 0 Å². The molecule has 1 heterocycles. The molecule has 2 unspecified atom stereocenters. The molecule has 1 rings (SSSR count). The monoisotopic (exact) mass is 199 g/mol. The van der Waals surface area contributed by atoms with Crippen LogP contribution in [0.1, 0.15) is 26.7 Å². The minimum absolute atomic E-state index is 0.264. The first-order chi connectivity index (χ1) is 6.52. The largest absolute Gasteiger partial charge is 0.327 e. The summed E-state index contributed by atoms with van der Waals surface area (Å²) < 4.78 is 0. The Kier molecular flexibility index (Phi) is 4.35. The van der Waals surface area contributed by atoms with Crippen molar-refractivity contribution in [1.82, 2.24) is 9.80 Å². The maximum Gasteiger partial charge on any atom is 0.0216 e. The maximum absolute atomic E-state index is 5.92. The van der Waals surface area contributed by atoms with E-state index in [0.29, 0.717) is 6.04 Å². The number of likely N-dealkylation sites (N-methyl/N-ethyl adjacent to an activating group) is 1. The second-order valence-electron chi connectivity index (χ2n) is 4.80. The van der Waals surface area contributed by atoms with E-state index >= 15 is 0 Å². The van der Waals surface area contributed by atoms with Crippen molar-refractivity contribution < 1.29 is 0 Å². The van der Waals surface area contributed by atoms with Gasteiger partial charge in [-0.2, -0.15) is 0 Å². The number of nitrogens with two attached hydrogens (primary N) is 1. The van der Waals surface area contributed by atoms with Crippen LogP contribution in [0.4, 0.5) is 0 Å². The van der Waals surface area contributed by atoms with Crippen LogP contribution in [0.25, 0.3) is 0 Å². The SMILES string of the molecule is CC(N)C(C)N(C)C1CCN(C)CC1. The zero-order valence-electron chi connectivity index (χ0n) is 10.0. The Morgan fingerprint density at radius 3 is 2.21 bits per heavy atom. The number of hydrogen-bond donors (Lipinski definition) is 1. The van der Waals surface area contributed by atoms with E-state index in [1.165, 1.54) is 25.9 Å². The lowest BCUT2D eigenvalue weighted by Gasteiger charge is -2.39. The summed E-state index contributed by atoms with van der Waals surface area (Å²) in [5.74, 6) is 0. The number of nitrogens with zero attached hydrogens (tertiary/aromatic N) is 2. The quantitative estimate of drug-likeness (QED) is 0.728. The molecule has 0 amide bonds. The third-order valence-corrected chi connectivity index (χ3v) is 3.67. The van der Waals surface area contributed by atoms with Crippen LogP contribution in [0.2, 0.25) is 0 Å². The summed E-state index contributed by atoms with van der Waals surface area (Å²) in [7, 11) is 4.41. The van der Waals surface area contributed by atoms with Crippen LogP contribution in [0, 0.1) is 0 Å². The van der Waals surface area contributed by atoms with Crippen LogP contribution < -0.4 is 5.73 Å². The molecule has 1 fully saturated rings. The standard InChI is InChI=1S/C11H25N3/c1-9(12)10(2)14(4)11-5-7-13(3)8-6-11/h9-11H,5-8,12H2,1-4H3. The predicted molar refractivity (Wildman–Crippen MR) is 61.4 cm³/mol. The molecule has 3 heteroatoms. The molecule has 0 aromatic heterocycles. The van der Waals surface area contributed by atoms with Gasteiger partial charge in [0.05, 0.1) is 0 Å². The second-order valence-corrected chi connectivity index (χ2v) is 4.80. The van der Waals surface area contributed by atoms with Gasteiger partial charge in [0.15, 0.2) is 0 Å². The van der Waals surface area contributed by atoms with Crippen molar-refractivity contribution in [3.8, 4) is 0 Å². The fourth-order valence-electron chi connectivity index (χ4n) is 2.11. The highest BCUT2D eigenvalue weighted by Gasteiger charge is 2.24. The van der Waals surface area contributed by atoms with Crippen LogP contribution in [0.5, 0.6) is 0 Å². The Hall–Kier alpha value is -0.120. The van der Waals surface area contributed by atoms with Crippen molar-refractivity contribution in [3.05, 3.63) is 0 Å². The van der Waals surface area contributed by atoms with E-state index in [2.05, 4.69) is 37.7 Å². The maximum atomic E-state index is 5.92. The molecule has 0 saturated carbocycles. The van der Waals surface area contributed by atoms with E-state index in [-0.39, 0.29) is 6.04 Å². The van der Waals surface area contributed by atoms with Gasteiger partial charge in [-0.1, -0.05) is 0 Å². The van der Waals surface area contributed by atoms with Gasteiger partial charge in [-0.05, 0) is 53.9 Å². The molecule has 0 spiro atoms. The van der Waals surface area contributed by atoms with E-state index < -0.39 is 0 Å². The third-order valence-electron chi connectivity index (χ3n) is 3.67. The molecule has 0 aromatic rings. The molecular formula is C11H25N3. The highest BCUT2D eigenvalue weighted by atomic mass is 15.2. The van der Waals surface area contributed by atoms with Gasteiger partial charge in [0.25, 0.3) is 0 Å². The molecule has 2 atom stereocenters. The Labute approximate surface area is 88.2 Å². The minimum atomic E-state index is 0.264. The van der Waals surface area contributed by atoms with E-state index in [1.54, 1.807) is 0 Å². The van der Waals surface area contributed by atoms with Gasteiger partial charge in [-0.25, -0.2) is 0 Å². The van der Waals surface area contributed by atoms with Crippen molar-refractivity contribution in [2.45, 2.75) is 44.8 Å². The highest BCUT2D eigenvalue weighted by Crippen LogP contribution is 2.16. The zero-order chi connectivity index (χ0) is 10.7. The van der Waals surface area contributed by atoms with E-state index in [1.807, 2.05) is 0 Å². The zero-order valence-corrected chi connectivity index (χ0v) is 10.0. The van der Waals surface area contributed by atoms with Crippen molar-refractivity contribution >= 4 is 0 Å². The number of hydrogen-bond acceptors (Lipinski definition) is 3. The molecule has 1 aliphatic heterocycles. The molecule has 0 bridgehead atoms. The average Bonchev–Trinajstić information content (AvgIpc) is 2.16. The summed E-state index contributed by atoms with van der Waals surface area (Å²) in [6.07, 6.45) is 2.56. The Balaban J connectivity index is 2.41. The molecule has 0 radical (unpaired) electrons. The molecule has 1 saturated heterocycles. The highest BCUT2D eigenvalue weighted by molar-refractivity contribution is 4.82. The van der Waals surface area contributed by atoms with Crippen molar-refractivity contribution in [1.29, 1.82) is 0 Å². The second kappa shape index (κ2) is 5.10. The van der Waals surface area contributed by atoms with Gasteiger partial charge in [0, 0.05) is 18.1 Å². The normalized spacial score (nSPS) is 25.3. The molecule has 84 valence electrons. The lowest BCUT2D eigenvalue weighted by atomic mass is 10.0. The first-order valence-electron chi connectivity index (χ1n) is 5.68. The lowest BCUT2D eigenvalue weighted by molar-refractivity contribution is 0.105. The smallest absolute Gasteiger partial charge is 0.0216 e. The lowest BCUT2D eigenvalue weighted by Crippen LogP contribution is -2.50. The summed E-state index contributed by atoms with van der Waals surface area (Å²) in [5, 5.41) is 0. The molecule has 3 nitrogen and oxygen atoms in total. The van der Waals surface area contributed by atoms with E-state index in [4.69, 9.17) is 5.73 Å². The fourth-order valence-corrected chi connectivity index (χ4v) is 2.11. The summed E-state index contributed by atoms with van der Waals surface area (Å²) >= 11 is 0. The first kappa shape index (κ1) is 12.0. The Bertz CT molecular complexity index is 162. The molecule has 14 heavy (non-hydrogen) atoms. The van der Waals surface area contributed by atoms with Crippen LogP contribution in [-0.4, -0.2) is 55.1 Å². The molecule has 0 aromatic carbocycles. The number of likely N-dealkylation sites (tertiary alicyclic amines) is 1. The minimum Gasteiger partial charge on any atom is -0.327 e. The molecule has 2 N–H and O–H groups in total. The van der Waals surface area contributed by atoms with Crippen LogP contribution in [0.15, 0.2) is 0 Å². The van der Waals surface area contributed by atoms with E-state index in [9.17, 15) is 0 Å². The topological polar surface area (TPSA) is 32.5 Å². The van der Waals surface area contributed by atoms with E-state index in [0.717, 1.165) is 6.04 Å². The van der Waals surface area contributed by atoms with Crippen LogP contribution in [-0.2, 0) is 0 Å². The Morgan fingerprint density at radius 1 is 1.29 bits per heavy atom.